The van der Waals surface area contributed by atoms with E-state index in [1.54, 1.807) is 49.5 Å². The summed E-state index contributed by atoms with van der Waals surface area (Å²) in [5.41, 5.74) is 5.37. The second kappa shape index (κ2) is 10.6. The molecule has 4 aromatic rings. The minimum atomic E-state index is -0.387. The van der Waals surface area contributed by atoms with Crippen LogP contribution in [0.3, 0.4) is 0 Å². The second-order valence-corrected chi connectivity index (χ2v) is 8.80. The lowest BCUT2D eigenvalue weighted by molar-refractivity contribution is -0.116. The number of nitrogens with zero attached hydrogens (tertiary/aromatic N) is 4. The third-order valence-corrected chi connectivity index (χ3v) is 6.18. The number of anilines is 4. The molecule has 0 unspecified atom stereocenters. The summed E-state index contributed by atoms with van der Waals surface area (Å²) in [5, 5.41) is 8.62. The number of amides is 3. The number of carbonyl (C=O) groups is 2. The first kappa shape index (κ1) is 24.7. The molecule has 0 spiro atoms. The maximum Gasteiger partial charge on any atom is 0.323 e. The Morgan fingerprint density at radius 2 is 1.76 bits per heavy atom. The molecule has 3 N–H and O–H groups in total. The fraction of sp³-hybridized carbons (Fsp3) is 0.179. The molecule has 0 saturated carbocycles. The Bertz CT molecular complexity index is 1520. The second-order valence-electron chi connectivity index (χ2n) is 8.80. The normalized spacial score (nSPS) is 12.0. The molecule has 3 heterocycles. The molecule has 10 heteroatoms. The number of hydrogen-bond acceptors (Lipinski definition) is 7. The van der Waals surface area contributed by atoms with Crippen LogP contribution in [-0.2, 0) is 11.2 Å². The minimum absolute atomic E-state index is 0.0132. The molecule has 0 bridgehead atoms. The van der Waals surface area contributed by atoms with Crippen molar-refractivity contribution in [1.29, 1.82) is 0 Å². The van der Waals surface area contributed by atoms with Crippen molar-refractivity contribution in [3.05, 3.63) is 78.1 Å². The molecule has 0 fully saturated rings. The average molecular weight is 510 g/mol. The number of carbonyl (C=O) groups excluding carboxylic acids is 2. The van der Waals surface area contributed by atoms with Gasteiger partial charge in [-0.25, -0.2) is 19.7 Å². The van der Waals surface area contributed by atoms with Crippen molar-refractivity contribution in [3.63, 3.8) is 0 Å². The van der Waals surface area contributed by atoms with E-state index in [0.717, 1.165) is 28.8 Å². The van der Waals surface area contributed by atoms with E-state index in [1.165, 1.54) is 0 Å². The Hall–Kier alpha value is -4.99. The molecule has 0 atom stereocenters. The zero-order chi connectivity index (χ0) is 26.6. The Kier molecular flexibility index (Phi) is 6.86. The van der Waals surface area contributed by atoms with Gasteiger partial charge in [-0.3, -0.25) is 4.79 Å². The Morgan fingerprint density at radius 3 is 2.53 bits per heavy atom. The van der Waals surface area contributed by atoms with Gasteiger partial charge < -0.3 is 25.6 Å². The number of rotatable bonds is 6. The highest BCUT2D eigenvalue weighted by molar-refractivity contribution is 6.01. The Labute approximate surface area is 220 Å². The van der Waals surface area contributed by atoms with Gasteiger partial charge in [0.1, 0.15) is 5.75 Å². The monoisotopic (exact) mass is 509 g/mol. The van der Waals surface area contributed by atoms with Gasteiger partial charge >= 0.3 is 6.03 Å². The predicted octanol–water partition coefficient (Wildman–Crippen LogP) is 5.23. The number of fused-ring (bicyclic) bond motifs is 1. The first-order valence-electron chi connectivity index (χ1n) is 12.1. The first-order chi connectivity index (χ1) is 18.4. The fourth-order valence-electron chi connectivity index (χ4n) is 4.32. The summed E-state index contributed by atoms with van der Waals surface area (Å²) in [6, 6.07) is 16.1. The number of nitrogens with one attached hydrogen (secondary N) is 3. The van der Waals surface area contributed by atoms with Gasteiger partial charge in [-0.05, 0) is 73.0 Å². The molecule has 10 nitrogen and oxygen atoms in total. The summed E-state index contributed by atoms with van der Waals surface area (Å²) in [7, 11) is 1.76. The van der Waals surface area contributed by atoms with Crippen molar-refractivity contribution in [1.82, 2.24) is 15.0 Å². The molecule has 1 aliphatic rings. The smallest absolute Gasteiger partial charge is 0.323 e. The Balaban J connectivity index is 1.28. The van der Waals surface area contributed by atoms with E-state index in [0.29, 0.717) is 41.2 Å². The lowest BCUT2D eigenvalue weighted by Crippen LogP contribution is -2.26. The highest BCUT2D eigenvalue weighted by atomic mass is 16.5. The summed E-state index contributed by atoms with van der Waals surface area (Å²) in [6.45, 7) is 4.09. The topological polar surface area (TPSA) is 121 Å². The third kappa shape index (κ3) is 5.24. The van der Waals surface area contributed by atoms with E-state index in [1.807, 2.05) is 43.3 Å². The third-order valence-electron chi connectivity index (χ3n) is 6.18. The van der Waals surface area contributed by atoms with Gasteiger partial charge in [-0.2, -0.15) is 0 Å². The maximum absolute atomic E-state index is 12.7. The molecule has 0 radical (unpaired) electrons. The van der Waals surface area contributed by atoms with Crippen LogP contribution in [0.5, 0.6) is 11.6 Å². The zero-order valence-corrected chi connectivity index (χ0v) is 21.3. The highest BCUT2D eigenvalue weighted by Gasteiger charge is 2.22. The summed E-state index contributed by atoms with van der Waals surface area (Å²) < 4.78 is 6.14. The Morgan fingerprint density at radius 1 is 0.974 bits per heavy atom. The van der Waals surface area contributed by atoms with Gasteiger partial charge in [-0.1, -0.05) is 6.07 Å². The number of aromatic nitrogens is 3. The number of urea groups is 1. The molecule has 2 aromatic carbocycles. The van der Waals surface area contributed by atoms with Crippen molar-refractivity contribution >= 4 is 34.9 Å². The van der Waals surface area contributed by atoms with Crippen LogP contribution < -0.4 is 25.6 Å². The number of hydrogen-bond donors (Lipinski definition) is 3. The van der Waals surface area contributed by atoms with Crippen molar-refractivity contribution < 1.29 is 14.3 Å². The SMILES string of the molecule is CNc1nccc(-c2cccnc2Oc2ccc(NC(=O)Nc3ccc4c(c3)N(C(C)=O)CC4)cc2C)n1. The molecule has 1 aliphatic heterocycles. The molecule has 3 amide bonds. The van der Waals surface area contributed by atoms with Crippen LogP contribution in [0.4, 0.5) is 27.8 Å². The van der Waals surface area contributed by atoms with Gasteiger partial charge in [-0.15, -0.1) is 0 Å². The van der Waals surface area contributed by atoms with E-state index in [2.05, 4.69) is 30.9 Å². The van der Waals surface area contributed by atoms with Crippen LogP contribution in [0.1, 0.15) is 18.1 Å². The lowest BCUT2D eigenvalue weighted by Gasteiger charge is -2.16. The number of aryl methyl sites for hydroxylation is 1. The summed E-state index contributed by atoms with van der Waals surface area (Å²) in [4.78, 5) is 39.3. The van der Waals surface area contributed by atoms with Gasteiger partial charge in [0.05, 0.1) is 11.3 Å². The molecule has 0 aliphatic carbocycles. The summed E-state index contributed by atoms with van der Waals surface area (Å²) >= 11 is 0. The molecule has 0 saturated heterocycles. The van der Waals surface area contributed by atoms with E-state index in [-0.39, 0.29) is 11.9 Å². The van der Waals surface area contributed by atoms with E-state index in [4.69, 9.17) is 4.74 Å². The molecule has 192 valence electrons. The standard InChI is InChI=1S/C28H27N7O3/c1-17-15-20(32-28(37)33-21-7-6-19-11-14-35(18(2)36)24(19)16-21)8-9-25(17)38-26-22(5-4-12-30-26)23-10-13-31-27(29-3)34-23/h4-10,12-13,15-16H,11,14H2,1-3H3,(H,29,31,34)(H2,32,33,37). The fourth-order valence-corrected chi connectivity index (χ4v) is 4.32. The van der Waals surface area contributed by atoms with Crippen LogP contribution >= 0.6 is 0 Å². The minimum Gasteiger partial charge on any atom is -0.438 e. The van der Waals surface area contributed by atoms with E-state index in [9.17, 15) is 9.59 Å². The average Bonchev–Trinajstić information content (AvgIpc) is 3.34. The van der Waals surface area contributed by atoms with Crippen LogP contribution in [0, 0.1) is 6.92 Å². The van der Waals surface area contributed by atoms with Gasteiger partial charge in [0.2, 0.25) is 17.7 Å². The lowest BCUT2D eigenvalue weighted by atomic mass is 10.1. The number of pyridine rings is 1. The quantitative estimate of drug-likeness (QED) is 0.325. The van der Waals surface area contributed by atoms with Gasteiger partial charge in [0.15, 0.2) is 0 Å². The largest absolute Gasteiger partial charge is 0.438 e. The van der Waals surface area contributed by atoms with Crippen LogP contribution in [0.2, 0.25) is 0 Å². The van der Waals surface area contributed by atoms with Crippen LogP contribution in [0.15, 0.2) is 67.0 Å². The van der Waals surface area contributed by atoms with E-state index >= 15 is 0 Å². The summed E-state index contributed by atoms with van der Waals surface area (Å²) in [5.74, 6) is 1.49. The molecular weight excluding hydrogens is 482 g/mol. The highest BCUT2D eigenvalue weighted by Crippen LogP contribution is 2.33. The van der Waals surface area contributed by atoms with Crippen molar-refractivity contribution in [2.45, 2.75) is 20.3 Å². The molecule has 2 aromatic heterocycles. The van der Waals surface area contributed by atoms with Gasteiger partial charge in [0, 0.05) is 50.0 Å². The van der Waals surface area contributed by atoms with Crippen LogP contribution in [-0.4, -0.2) is 40.5 Å². The van der Waals surface area contributed by atoms with Gasteiger partial charge in [0.25, 0.3) is 0 Å². The predicted molar refractivity (Wildman–Crippen MR) is 147 cm³/mol. The number of benzene rings is 2. The van der Waals surface area contributed by atoms with Crippen molar-refractivity contribution in [3.8, 4) is 22.9 Å². The zero-order valence-electron chi connectivity index (χ0n) is 21.3. The van der Waals surface area contributed by atoms with E-state index < -0.39 is 0 Å². The molecule has 5 rings (SSSR count). The van der Waals surface area contributed by atoms with Crippen molar-refractivity contribution in [2.24, 2.45) is 0 Å². The first-order valence-corrected chi connectivity index (χ1v) is 12.1. The summed E-state index contributed by atoms with van der Waals surface area (Å²) in [6.07, 6.45) is 4.14. The number of ether oxygens (including phenoxy) is 1. The maximum atomic E-state index is 12.7. The van der Waals surface area contributed by atoms with Crippen LogP contribution in [0.25, 0.3) is 11.3 Å². The van der Waals surface area contributed by atoms with Crippen molar-refractivity contribution in [2.75, 3.05) is 34.4 Å². The molecular formula is C28H27N7O3. The molecule has 38 heavy (non-hydrogen) atoms.